The lowest BCUT2D eigenvalue weighted by atomic mass is 9.65. The average Bonchev–Trinajstić information content (AvgIpc) is 3.02. The van der Waals surface area contributed by atoms with E-state index in [1.54, 1.807) is 27.7 Å². The molecule has 1 aliphatic rings. The molecule has 4 unspecified atom stereocenters. The zero-order valence-electron chi connectivity index (χ0n) is 21.8. The van der Waals surface area contributed by atoms with Gasteiger partial charge in [-0.15, -0.1) is 0 Å². The predicted octanol–water partition coefficient (Wildman–Crippen LogP) is 4.64. The zero-order chi connectivity index (χ0) is 26.7. The second kappa shape index (κ2) is 10.8. The fraction of sp³-hybridized carbons (Fsp3) is 0.630. The van der Waals surface area contributed by atoms with Gasteiger partial charge in [-0.3, -0.25) is 24.1 Å². The highest BCUT2D eigenvalue weighted by molar-refractivity contribution is 6.22. The first-order valence-corrected chi connectivity index (χ1v) is 12.3. The summed E-state index contributed by atoms with van der Waals surface area (Å²) in [6.45, 7) is 12.8. The molecule has 194 valence electrons. The van der Waals surface area contributed by atoms with Gasteiger partial charge >= 0.3 is 11.9 Å². The fourth-order valence-electron chi connectivity index (χ4n) is 5.29. The highest BCUT2D eigenvalue weighted by Gasteiger charge is 2.54. The van der Waals surface area contributed by atoms with Gasteiger partial charge in [-0.2, -0.15) is 0 Å². The van der Waals surface area contributed by atoms with Crippen molar-refractivity contribution in [3.63, 3.8) is 0 Å². The molecule has 2 amide bonds. The third-order valence-electron chi connectivity index (χ3n) is 7.65. The van der Waals surface area contributed by atoms with E-state index in [0.717, 1.165) is 0 Å². The van der Waals surface area contributed by atoms with E-state index in [4.69, 9.17) is 4.74 Å². The summed E-state index contributed by atoms with van der Waals surface area (Å²) in [5.74, 6) is -5.32. The Labute approximate surface area is 207 Å². The van der Waals surface area contributed by atoms with Gasteiger partial charge in [-0.25, -0.2) is 0 Å². The van der Waals surface area contributed by atoms with E-state index in [0.29, 0.717) is 24.9 Å². The molecule has 1 aliphatic heterocycles. The third-order valence-corrected chi connectivity index (χ3v) is 7.65. The molecule has 8 heteroatoms. The molecule has 0 spiro atoms. The van der Waals surface area contributed by atoms with Crippen molar-refractivity contribution in [3.05, 3.63) is 24.3 Å². The lowest BCUT2D eigenvalue weighted by Gasteiger charge is -2.37. The van der Waals surface area contributed by atoms with E-state index in [2.05, 4.69) is 0 Å². The quantitative estimate of drug-likeness (QED) is 0.343. The highest BCUT2D eigenvalue weighted by atomic mass is 16.5. The Morgan fingerprint density at radius 1 is 1.06 bits per heavy atom. The molecule has 35 heavy (non-hydrogen) atoms. The molecular formula is C27H39NO7. The summed E-state index contributed by atoms with van der Waals surface area (Å²) in [5, 5.41) is 19.6. The van der Waals surface area contributed by atoms with E-state index in [1.165, 1.54) is 29.2 Å². The van der Waals surface area contributed by atoms with Crippen molar-refractivity contribution >= 4 is 29.4 Å². The summed E-state index contributed by atoms with van der Waals surface area (Å²) in [7, 11) is 0. The van der Waals surface area contributed by atoms with Crippen LogP contribution in [0.5, 0.6) is 5.75 Å². The van der Waals surface area contributed by atoms with Crippen LogP contribution in [0.15, 0.2) is 24.3 Å². The van der Waals surface area contributed by atoms with Crippen molar-refractivity contribution in [1.82, 2.24) is 0 Å². The average molecular weight is 490 g/mol. The Morgan fingerprint density at radius 2 is 1.63 bits per heavy atom. The number of hydrogen-bond donors (Lipinski definition) is 2. The molecule has 0 aromatic heterocycles. The predicted molar refractivity (Wildman–Crippen MR) is 132 cm³/mol. The van der Waals surface area contributed by atoms with Gasteiger partial charge in [-0.05, 0) is 54.9 Å². The number of anilines is 1. The second-order valence-corrected chi connectivity index (χ2v) is 10.8. The van der Waals surface area contributed by atoms with Crippen molar-refractivity contribution in [2.24, 2.45) is 34.5 Å². The number of carbonyl (C=O) groups is 4. The Hall–Kier alpha value is -2.90. The molecule has 2 N–H and O–H groups in total. The normalized spacial score (nSPS) is 20.6. The molecule has 1 saturated heterocycles. The number of imide groups is 1. The van der Waals surface area contributed by atoms with Crippen LogP contribution >= 0.6 is 0 Å². The minimum atomic E-state index is -1.10. The van der Waals surface area contributed by atoms with E-state index < -0.39 is 46.4 Å². The topological polar surface area (TPSA) is 121 Å². The number of carbonyl (C=O) groups excluding carboxylic acids is 3. The Bertz CT molecular complexity index is 951. The summed E-state index contributed by atoms with van der Waals surface area (Å²) >= 11 is 0. The number of esters is 1. The molecule has 0 saturated carbocycles. The lowest BCUT2D eigenvalue weighted by Crippen LogP contribution is -2.41. The first-order chi connectivity index (χ1) is 16.2. The van der Waals surface area contributed by atoms with Crippen LogP contribution in [-0.4, -0.2) is 40.6 Å². The maximum atomic E-state index is 13.6. The largest absolute Gasteiger partial charge is 0.508 e. The van der Waals surface area contributed by atoms with Crippen LogP contribution in [-0.2, 0) is 23.9 Å². The fourth-order valence-corrected chi connectivity index (χ4v) is 5.29. The number of nitrogens with zero attached hydrogens (tertiary/aromatic N) is 1. The van der Waals surface area contributed by atoms with E-state index >= 15 is 0 Å². The van der Waals surface area contributed by atoms with E-state index in [-0.39, 0.29) is 24.2 Å². The van der Waals surface area contributed by atoms with Gasteiger partial charge in [0.1, 0.15) is 5.75 Å². The molecule has 2 rings (SSSR count). The van der Waals surface area contributed by atoms with E-state index in [1.807, 2.05) is 20.8 Å². The van der Waals surface area contributed by atoms with Gasteiger partial charge in [0.25, 0.3) is 0 Å². The van der Waals surface area contributed by atoms with Gasteiger partial charge in [0, 0.05) is 0 Å². The van der Waals surface area contributed by atoms with Crippen LogP contribution in [0.3, 0.4) is 0 Å². The molecule has 1 aromatic carbocycles. The van der Waals surface area contributed by atoms with Crippen LogP contribution < -0.4 is 4.90 Å². The molecule has 1 heterocycles. The van der Waals surface area contributed by atoms with Gasteiger partial charge in [-0.1, -0.05) is 48.0 Å². The Kier molecular flexibility index (Phi) is 8.74. The summed E-state index contributed by atoms with van der Waals surface area (Å²) in [5.41, 5.74) is -0.901. The van der Waals surface area contributed by atoms with Crippen LogP contribution in [0.25, 0.3) is 0 Å². The zero-order valence-corrected chi connectivity index (χ0v) is 21.8. The Morgan fingerprint density at radius 3 is 2.11 bits per heavy atom. The number of benzene rings is 1. The maximum Gasteiger partial charge on any atom is 0.309 e. The molecule has 1 fully saturated rings. The number of rotatable bonds is 11. The van der Waals surface area contributed by atoms with Gasteiger partial charge < -0.3 is 14.9 Å². The summed E-state index contributed by atoms with van der Waals surface area (Å²) < 4.78 is 5.06. The second-order valence-electron chi connectivity index (χ2n) is 10.8. The number of phenols is 1. The third kappa shape index (κ3) is 5.85. The van der Waals surface area contributed by atoms with Gasteiger partial charge in [0.15, 0.2) is 0 Å². The van der Waals surface area contributed by atoms with Gasteiger partial charge in [0.05, 0.1) is 36.0 Å². The Balaban J connectivity index is 2.37. The molecule has 0 bridgehead atoms. The van der Waals surface area contributed by atoms with Crippen molar-refractivity contribution in [1.29, 1.82) is 0 Å². The number of aliphatic carboxylic acids is 1. The molecule has 4 atom stereocenters. The summed E-state index contributed by atoms with van der Waals surface area (Å²) in [4.78, 5) is 52.8. The number of phenolic OH excluding ortho intramolecular Hbond substituents is 1. The van der Waals surface area contributed by atoms with Crippen molar-refractivity contribution in [2.75, 3.05) is 11.5 Å². The number of hydrogen-bond acceptors (Lipinski definition) is 6. The van der Waals surface area contributed by atoms with Crippen molar-refractivity contribution < 1.29 is 34.1 Å². The number of aromatic hydroxyl groups is 1. The number of amides is 2. The molecular weight excluding hydrogens is 450 g/mol. The van der Waals surface area contributed by atoms with Crippen LogP contribution in [0.2, 0.25) is 0 Å². The number of ether oxygens (including phenoxy) is 1. The first kappa shape index (κ1) is 28.3. The minimum Gasteiger partial charge on any atom is -0.508 e. The number of carboxylic acid groups (broad SMARTS) is 1. The maximum absolute atomic E-state index is 13.6. The van der Waals surface area contributed by atoms with Crippen LogP contribution in [0, 0.1) is 34.5 Å². The molecule has 0 radical (unpaired) electrons. The van der Waals surface area contributed by atoms with Crippen molar-refractivity contribution in [3.8, 4) is 5.75 Å². The smallest absolute Gasteiger partial charge is 0.309 e. The minimum absolute atomic E-state index is 0.0343. The summed E-state index contributed by atoms with van der Waals surface area (Å²) in [6, 6.07) is 5.94. The first-order valence-electron chi connectivity index (χ1n) is 12.3. The van der Waals surface area contributed by atoms with Crippen molar-refractivity contribution in [2.45, 2.75) is 67.7 Å². The van der Waals surface area contributed by atoms with Crippen LogP contribution in [0.1, 0.15) is 67.7 Å². The monoisotopic (exact) mass is 489 g/mol. The molecule has 8 nitrogen and oxygen atoms in total. The lowest BCUT2D eigenvalue weighted by molar-refractivity contribution is -0.161. The number of carboxylic acids is 1. The van der Waals surface area contributed by atoms with Crippen LogP contribution in [0.4, 0.5) is 5.69 Å². The SMILES string of the molecule is CCOC(=O)C(C)C(C(=O)O)C(C)(C)CCC1C(=O)N(c2ccc(O)cc2)C(=O)C1C(C)(C)CC. The summed E-state index contributed by atoms with van der Waals surface area (Å²) in [6.07, 6.45) is 1.31. The standard InChI is InChI=1S/C27H39NO7/c1-8-26(4,5)21-19(22(30)28(23(21)31)17-10-12-18(29)13-11-17)14-15-27(6,7)20(24(32)33)16(3)25(34)35-9-2/h10-13,16,19-21,29H,8-9,14-15H2,1-7H3,(H,32,33). The van der Waals surface area contributed by atoms with E-state index in [9.17, 15) is 29.4 Å². The molecule has 0 aliphatic carbocycles. The molecule has 1 aromatic rings. The highest BCUT2D eigenvalue weighted by Crippen LogP contribution is 2.47. The van der Waals surface area contributed by atoms with Gasteiger partial charge in [0.2, 0.25) is 11.8 Å².